The number of halogens is 1. The quantitative estimate of drug-likeness (QED) is 0.760. The molecule has 5 heteroatoms. The van der Waals surface area contributed by atoms with Crippen molar-refractivity contribution in [2.45, 2.75) is 32.2 Å². The van der Waals surface area contributed by atoms with Crippen molar-refractivity contribution in [3.05, 3.63) is 70.2 Å². The van der Waals surface area contributed by atoms with E-state index in [1.165, 1.54) is 7.11 Å². The van der Waals surface area contributed by atoms with E-state index in [1.807, 2.05) is 49.4 Å². The third kappa shape index (κ3) is 6.24. The van der Waals surface area contributed by atoms with Gasteiger partial charge in [0.25, 0.3) is 0 Å². The first kappa shape index (κ1) is 19.0. The van der Waals surface area contributed by atoms with Crippen molar-refractivity contribution < 1.29 is 14.3 Å². The van der Waals surface area contributed by atoms with Crippen LogP contribution in [0, 0.1) is 6.92 Å². The fourth-order valence-electron chi connectivity index (χ4n) is 2.52. The van der Waals surface area contributed by atoms with Gasteiger partial charge in [-0.3, -0.25) is 9.59 Å². The van der Waals surface area contributed by atoms with E-state index < -0.39 is 6.04 Å². The van der Waals surface area contributed by atoms with Gasteiger partial charge in [-0.05, 0) is 36.6 Å². The molecule has 1 unspecified atom stereocenters. The van der Waals surface area contributed by atoms with Crippen LogP contribution in [0.4, 0.5) is 0 Å². The van der Waals surface area contributed by atoms with Gasteiger partial charge < -0.3 is 10.1 Å². The standard InChI is InChI=1S/C20H22ClNO3/c1-14-6-9-16(10-7-14)18(13-20(24)25-2)22-19(23)11-8-15-4-3-5-17(21)12-15/h3-7,9-10,12,18H,8,11,13H2,1-2H3,(H,22,23). The second kappa shape index (κ2) is 9.23. The van der Waals surface area contributed by atoms with Gasteiger partial charge in [0.2, 0.25) is 5.91 Å². The number of ether oxygens (including phenoxy) is 1. The highest BCUT2D eigenvalue weighted by Crippen LogP contribution is 2.19. The summed E-state index contributed by atoms with van der Waals surface area (Å²) in [6.07, 6.45) is 1.01. The average molecular weight is 360 g/mol. The van der Waals surface area contributed by atoms with Crippen molar-refractivity contribution in [1.29, 1.82) is 0 Å². The number of hydrogen-bond acceptors (Lipinski definition) is 3. The zero-order valence-corrected chi connectivity index (χ0v) is 15.2. The van der Waals surface area contributed by atoms with Crippen LogP contribution in [0.1, 0.15) is 35.6 Å². The molecule has 0 aromatic heterocycles. The molecule has 0 fully saturated rings. The Bertz CT molecular complexity index is 728. The lowest BCUT2D eigenvalue weighted by atomic mass is 10.0. The molecule has 0 spiro atoms. The normalized spacial score (nSPS) is 11.6. The van der Waals surface area contributed by atoms with Gasteiger partial charge in [-0.2, -0.15) is 0 Å². The predicted octanol–water partition coefficient (Wildman–Crippen LogP) is 4.00. The first-order valence-electron chi connectivity index (χ1n) is 8.15. The van der Waals surface area contributed by atoms with E-state index in [2.05, 4.69) is 5.32 Å². The SMILES string of the molecule is COC(=O)CC(NC(=O)CCc1cccc(Cl)c1)c1ccc(C)cc1. The Balaban J connectivity index is 2.00. The molecule has 0 aliphatic rings. The molecular formula is C20H22ClNO3. The summed E-state index contributed by atoms with van der Waals surface area (Å²) in [7, 11) is 1.34. The Labute approximate surface area is 153 Å². The molecule has 0 aliphatic heterocycles. The number of benzene rings is 2. The average Bonchev–Trinajstić information content (AvgIpc) is 2.60. The second-order valence-corrected chi connectivity index (χ2v) is 6.38. The van der Waals surface area contributed by atoms with Crippen molar-refractivity contribution in [3.8, 4) is 0 Å². The van der Waals surface area contributed by atoms with Crippen molar-refractivity contribution in [3.63, 3.8) is 0 Å². The number of carbonyl (C=O) groups is 2. The summed E-state index contributed by atoms with van der Waals surface area (Å²) in [5, 5.41) is 3.58. The van der Waals surface area contributed by atoms with Crippen molar-refractivity contribution >= 4 is 23.5 Å². The molecule has 0 bridgehead atoms. The van der Waals surface area contributed by atoms with Crippen LogP contribution < -0.4 is 5.32 Å². The third-order valence-electron chi connectivity index (χ3n) is 3.94. The van der Waals surface area contributed by atoms with E-state index in [4.69, 9.17) is 16.3 Å². The van der Waals surface area contributed by atoms with Crippen LogP contribution in [0.2, 0.25) is 5.02 Å². The molecule has 2 rings (SSSR count). The number of hydrogen-bond donors (Lipinski definition) is 1. The van der Waals surface area contributed by atoms with Crippen LogP contribution >= 0.6 is 11.6 Å². The fraction of sp³-hybridized carbons (Fsp3) is 0.300. The van der Waals surface area contributed by atoms with E-state index in [1.54, 1.807) is 6.07 Å². The van der Waals surface area contributed by atoms with Crippen molar-refractivity contribution in [1.82, 2.24) is 5.32 Å². The van der Waals surface area contributed by atoms with Crippen molar-refractivity contribution in [2.24, 2.45) is 0 Å². The largest absolute Gasteiger partial charge is 0.469 e. The molecule has 2 aromatic rings. The maximum absolute atomic E-state index is 12.3. The Kier molecular flexibility index (Phi) is 7.02. The van der Waals surface area contributed by atoms with Gasteiger partial charge in [0, 0.05) is 11.4 Å². The zero-order valence-electron chi connectivity index (χ0n) is 14.4. The van der Waals surface area contributed by atoms with Gasteiger partial charge in [0.1, 0.15) is 0 Å². The van der Waals surface area contributed by atoms with Gasteiger partial charge in [-0.25, -0.2) is 0 Å². The summed E-state index contributed by atoms with van der Waals surface area (Å²) in [4.78, 5) is 24.0. The number of carbonyl (C=O) groups excluding carboxylic acids is 2. The van der Waals surface area contributed by atoms with E-state index in [0.717, 1.165) is 16.7 Å². The summed E-state index contributed by atoms with van der Waals surface area (Å²) >= 11 is 5.96. The molecule has 1 N–H and O–H groups in total. The molecule has 4 nitrogen and oxygen atoms in total. The Morgan fingerprint density at radius 2 is 1.88 bits per heavy atom. The van der Waals surface area contributed by atoms with E-state index in [-0.39, 0.29) is 18.3 Å². The number of amides is 1. The summed E-state index contributed by atoms with van der Waals surface area (Å²) in [6, 6.07) is 14.8. The minimum absolute atomic E-state index is 0.0997. The van der Waals surface area contributed by atoms with Gasteiger partial charge in [0.15, 0.2) is 0 Å². The van der Waals surface area contributed by atoms with Crippen LogP contribution in [-0.2, 0) is 20.7 Å². The summed E-state index contributed by atoms with van der Waals surface area (Å²) in [6.45, 7) is 1.99. The molecule has 0 aliphatic carbocycles. The van der Waals surface area contributed by atoms with Crippen LogP contribution in [-0.4, -0.2) is 19.0 Å². The van der Waals surface area contributed by atoms with Gasteiger partial charge in [0.05, 0.1) is 19.6 Å². The number of esters is 1. The monoisotopic (exact) mass is 359 g/mol. The molecular weight excluding hydrogens is 338 g/mol. The lowest BCUT2D eigenvalue weighted by Gasteiger charge is -2.18. The van der Waals surface area contributed by atoms with Crippen molar-refractivity contribution in [2.75, 3.05) is 7.11 Å². The van der Waals surface area contributed by atoms with Gasteiger partial charge in [-0.15, -0.1) is 0 Å². The van der Waals surface area contributed by atoms with Crippen LogP contribution in [0.15, 0.2) is 48.5 Å². The topological polar surface area (TPSA) is 55.4 Å². The second-order valence-electron chi connectivity index (χ2n) is 5.94. The summed E-state index contributed by atoms with van der Waals surface area (Å²) in [5.41, 5.74) is 3.00. The molecule has 1 amide bonds. The maximum atomic E-state index is 12.3. The molecule has 0 saturated carbocycles. The Hall–Kier alpha value is -2.33. The van der Waals surface area contributed by atoms with Crippen LogP contribution in [0.5, 0.6) is 0 Å². The highest BCUT2D eigenvalue weighted by molar-refractivity contribution is 6.30. The number of rotatable bonds is 7. The predicted molar refractivity (Wildman–Crippen MR) is 98.5 cm³/mol. The number of nitrogens with one attached hydrogen (secondary N) is 1. The van der Waals surface area contributed by atoms with Gasteiger partial charge in [-0.1, -0.05) is 53.6 Å². The van der Waals surface area contributed by atoms with Crippen LogP contribution in [0.25, 0.3) is 0 Å². The highest BCUT2D eigenvalue weighted by Gasteiger charge is 2.18. The number of methoxy groups -OCH3 is 1. The Morgan fingerprint density at radius 1 is 1.16 bits per heavy atom. The maximum Gasteiger partial charge on any atom is 0.307 e. The molecule has 25 heavy (non-hydrogen) atoms. The van der Waals surface area contributed by atoms with E-state index >= 15 is 0 Å². The third-order valence-corrected chi connectivity index (χ3v) is 4.18. The highest BCUT2D eigenvalue weighted by atomic mass is 35.5. The number of aryl methyl sites for hydroxylation is 2. The minimum Gasteiger partial charge on any atom is -0.469 e. The Morgan fingerprint density at radius 3 is 2.52 bits per heavy atom. The summed E-state index contributed by atoms with van der Waals surface area (Å²) in [5.74, 6) is -0.477. The molecule has 1 atom stereocenters. The molecule has 2 aromatic carbocycles. The van der Waals surface area contributed by atoms with E-state index in [9.17, 15) is 9.59 Å². The first-order chi connectivity index (χ1) is 12.0. The first-order valence-corrected chi connectivity index (χ1v) is 8.53. The molecule has 0 saturated heterocycles. The van der Waals surface area contributed by atoms with Crippen LogP contribution in [0.3, 0.4) is 0 Å². The fourth-order valence-corrected chi connectivity index (χ4v) is 2.73. The molecule has 0 heterocycles. The molecule has 132 valence electrons. The smallest absolute Gasteiger partial charge is 0.307 e. The summed E-state index contributed by atoms with van der Waals surface area (Å²) < 4.78 is 4.75. The minimum atomic E-state index is -0.403. The lowest BCUT2D eigenvalue weighted by Crippen LogP contribution is -2.30. The molecule has 0 radical (unpaired) electrons. The zero-order chi connectivity index (χ0) is 18.2. The van der Waals surface area contributed by atoms with E-state index in [0.29, 0.717) is 17.9 Å². The van der Waals surface area contributed by atoms with Gasteiger partial charge >= 0.3 is 5.97 Å². The lowest BCUT2D eigenvalue weighted by molar-refractivity contribution is -0.141.